The smallest absolute Gasteiger partial charge is 0.0106 e. The number of rotatable bonds is 7. The molecule has 0 spiro atoms. The molecule has 1 N–H and O–H groups in total. The van der Waals surface area contributed by atoms with E-state index in [0.29, 0.717) is 0 Å². The molecule has 2 unspecified atom stereocenters. The fraction of sp³-hybridized carbons (Fsp3) is 0.667. The van der Waals surface area contributed by atoms with E-state index in [9.17, 15) is 0 Å². The minimum absolute atomic E-state index is 0.772. The maximum Gasteiger partial charge on any atom is 0.0106 e. The fourth-order valence-electron chi connectivity index (χ4n) is 3.23. The zero-order chi connectivity index (χ0) is 14.0. The quantitative estimate of drug-likeness (QED) is 0.425. The Morgan fingerprint density at radius 3 is 2.75 bits per heavy atom. The summed E-state index contributed by atoms with van der Waals surface area (Å²) < 4.78 is 0. The van der Waals surface area contributed by atoms with Crippen molar-refractivity contribution in [3.05, 3.63) is 30.3 Å². The van der Waals surface area contributed by atoms with Crippen LogP contribution in [0.25, 0.3) is 0 Å². The van der Waals surface area contributed by atoms with Crippen LogP contribution in [0, 0.1) is 5.92 Å². The van der Waals surface area contributed by atoms with E-state index in [1.807, 2.05) is 11.8 Å². The first kappa shape index (κ1) is 15.9. The number of thioether (sulfide) groups is 1. The summed E-state index contributed by atoms with van der Waals surface area (Å²) >= 11 is 1.96. The predicted molar refractivity (Wildman–Crippen MR) is 90.4 cm³/mol. The zero-order valence-electron chi connectivity index (χ0n) is 12.8. The molecule has 1 aliphatic rings. The van der Waals surface area contributed by atoms with Gasteiger partial charge in [-0.1, -0.05) is 50.8 Å². The van der Waals surface area contributed by atoms with Gasteiger partial charge in [-0.05, 0) is 37.3 Å². The minimum atomic E-state index is 0.772. The zero-order valence-corrected chi connectivity index (χ0v) is 13.6. The van der Waals surface area contributed by atoms with Crippen LogP contribution in [0.15, 0.2) is 35.2 Å². The Morgan fingerprint density at radius 1 is 1.10 bits per heavy atom. The summed E-state index contributed by atoms with van der Waals surface area (Å²) in [5.41, 5.74) is 0. The van der Waals surface area contributed by atoms with Crippen molar-refractivity contribution in [3.8, 4) is 0 Å². The van der Waals surface area contributed by atoms with Crippen LogP contribution in [0.1, 0.15) is 51.9 Å². The van der Waals surface area contributed by atoms with Crippen molar-refractivity contribution < 1.29 is 0 Å². The lowest BCUT2D eigenvalue weighted by atomic mass is 9.95. The van der Waals surface area contributed by atoms with E-state index in [1.54, 1.807) is 0 Å². The van der Waals surface area contributed by atoms with Crippen molar-refractivity contribution in [2.75, 3.05) is 12.3 Å². The lowest BCUT2D eigenvalue weighted by Crippen LogP contribution is -2.30. The summed E-state index contributed by atoms with van der Waals surface area (Å²) in [7, 11) is 0. The second kappa shape index (κ2) is 9.46. The van der Waals surface area contributed by atoms with E-state index in [0.717, 1.165) is 18.5 Å². The molecule has 0 amide bonds. The van der Waals surface area contributed by atoms with Gasteiger partial charge in [-0.2, -0.15) is 0 Å². The third-order valence-electron chi connectivity index (χ3n) is 4.33. The Bertz CT molecular complexity index is 352. The van der Waals surface area contributed by atoms with E-state index < -0.39 is 0 Å². The molecule has 0 bridgehead atoms. The van der Waals surface area contributed by atoms with E-state index in [1.165, 1.54) is 55.6 Å². The minimum Gasteiger partial charge on any atom is -0.313 e. The molecule has 112 valence electrons. The maximum absolute atomic E-state index is 3.77. The molecule has 1 saturated carbocycles. The van der Waals surface area contributed by atoms with Crippen LogP contribution in [0.3, 0.4) is 0 Å². The molecule has 1 aromatic carbocycles. The highest BCUT2D eigenvalue weighted by molar-refractivity contribution is 7.99. The Balaban J connectivity index is 1.60. The molecule has 0 radical (unpaired) electrons. The maximum atomic E-state index is 3.77. The Morgan fingerprint density at radius 2 is 1.95 bits per heavy atom. The molecule has 0 aromatic heterocycles. The molecule has 0 aliphatic heterocycles. The molecule has 1 aliphatic carbocycles. The first-order valence-electron chi connectivity index (χ1n) is 8.29. The van der Waals surface area contributed by atoms with Gasteiger partial charge in [0.1, 0.15) is 0 Å². The van der Waals surface area contributed by atoms with E-state index in [4.69, 9.17) is 0 Å². The van der Waals surface area contributed by atoms with Crippen LogP contribution in [0.4, 0.5) is 0 Å². The first-order chi connectivity index (χ1) is 9.88. The lowest BCUT2D eigenvalue weighted by molar-refractivity contribution is 0.412. The van der Waals surface area contributed by atoms with Crippen molar-refractivity contribution in [3.63, 3.8) is 0 Å². The molecule has 0 saturated heterocycles. The first-order valence-corrected chi connectivity index (χ1v) is 9.28. The largest absolute Gasteiger partial charge is 0.313 e. The van der Waals surface area contributed by atoms with Gasteiger partial charge >= 0.3 is 0 Å². The van der Waals surface area contributed by atoms with Gasteiger partial charge < -0.3 is 5.32 Å². The second-order valence-corrected chi connectivity index (χ2v) is 7.14. The molecule has 1 nitrogen and oxygen atoms in total. The van der Waals surface area contributed by atoms with Gasteiger partial charge in [0.25, 0.3) is 0 Å². The topological polar surface area (TPSA) is 12.0 Å². The van der Waals surface area contributed by atoms with Gasteiger partial charge in [0.05, 0.1) is 0 Å². The molecular formula is C18H29NS. The summed E-state index contributed by atoms with van der Waals surface area (Å²) in [5.74, 6) is 2.18. The van der Waals surface area contributed by atoms with Crippen LogP contribution in [0.5, 0.6) is 0 Å². The summed E-state index contributed by atoms with van der Waals surface area (Å²) in [6.07, 6.45) is 9.90. The van der Waals surface area contributed by atoms with Crippen LogP contribution >= 0.6 is 11.8 Å². The average molecular weight is 292 g/mol. The van der Waals surface area contributed by atoms with Crippen LogP contribution in [-0.2, 0) is 0 Å². The van der Waals surface area contributed by atoms with Crippen molar-refractivity contribution in [2.45, 2.75) is 62.8 Å². The third-order valence-corrected chi connectivity index (χ3v) is 5.35. The third kappa shape index (κ3) is 5.88. The highest BCUT2D eigenvalue weighted by Gasteiger charge is 2.17. The normalized spacial score (nSPS) is 23.4. The SMILES string of the molecule is CCCC1CCCC(NCCSc2ccccc2)CC1. The van der Waals surface area contributed by atoms with Crippen molar-refractivity contribution in [2.24, 2.45) is 5.92 Å². The molecule has 20 heavy (non-hydrogen) atoms. The second-order valence-electron chi connectivity index (χ2n) is 5.98. The standard InChI is InChI=1S/C18H29NS/c1-2-7-16-8-6-9-17(13-12-16)19-14-15-20-18-10-4-3-5-11-18/h3-5,10-11,16-17,19H,2,6-9,12-15H2,1H3. The summed E-state index contributed by atoms with van der Waals surface area (Å²) in [6, 6.07) is 11.5. The van der Waals surface area contributed by atoms with Crippen molar-refractivity contribution in [1.82, 2.24) is 5.32 Å². The van der Waals surface area contributed by atoms with Gasteiger partial charge in [0.2, 0.25) is 0 Å². The Hall–Kier alpha value is -0.470. The van der Waals surface area contributed by atoms with E-state index >= 15 is 0 Å². The fourth-order valence-corrected chi connectivity index (χ4v) is 4.03. The monoisotopic (exact) mass is 291 g/mol. The Kier molecular flexibility index (Phi) is 7.53. The highest BCUT2D eigenvalue weighted by atomic mass is 32.2. The van der Waals surface area contributed by atoms with Gasteiger partial charge in [-0.3, -0.25) is 0 Å². The summed E-state index contributed by atoms with van der Waals surface area (Å²) in [4.78, 5) is 1.39. The summed E-state index contributed by atoms with van der Waals surface area (Å²) in [6.45, 7) is 3.46. The predicted octanol–water partition coefficient (Wildman–Crippen LogP) is 5.12. The molecule has 0 heterocycles. The number of hydrogen-bond donors (Lipinski definition) is 1. The van der Waals surface area contributed by atoms with Crippen molar-refractivity contribution >= 4 is 11.8 Å². The highest BCUT2D eigenvalue weighted by Crippen LogP contribution is 2.26. The Labute approximate surface area is 128 Å². The van der Waals surface area contributed by atoms with Crippen molar-refractivity contribution in [1.29, 1.82) is 0 Å². The number of hydrogen-bond acceptors (Lipinski definition) is 2. The molecule has 1 fully saturated rings. The molecule has 1 aromatic rings. The molecule has 2 heteroatoms. The van der Waals surface area contributed by atoms with E-state index in [2.05, 4.69) is 42.6 Å². The van der Waals surface area contributed by atoms with E-state index in [-0.39, 0.29) is 0 Å². The molecular weight excluding hydrogens is 262 g/mol. The average Bonchev–Trinajstić information content (AvgIpc) is 2.71. The van der Waals surface area contributed by atoms with Crippen LogP contribution in [0.2, 0.25) is 0 Å². The summed E-state index contributed by atoms with van der Waals surface area (Å²) in [5, 5.41) is 3.77. The lowest BCUT2D eigenvalue weighted by Gasteiger charge is -2.16. The van der Waals surface area contributed by atoms with Gasteiger partial charge in [0, 0.05) is 23.2 Å². The number of nitrogens with one attached hydrogen (secondary N) is 1. The van der Waals surface area contributed by atoms with Gasteiger partial charge in [-0.25, -0.2) is 0 Å². The van der Waals surface area contributed by atoms with Gasteiger partial charge in [0.15, 0.2) is 0 Å². The van der Waals surface area contributed by atoms with Crippen LogP contribution in [-0.4, -0.2) is 18.3 Å². The van der Waals surface area contributed by atoms with Gasteiger partial charge in [-0.15, -0.1) is 11.8 Å². The molecule has 2 atom stereocenters. The molecule has 2 rings (SSSR count). The van der Waals surface area contributed by atoms with Crippen LogP contribution < -0.4 is 5.32 Å². The number of benzene rings is 1.